The molecule has 0 fully saturated rings. The number of hydrogen-bond donors (Lipinski definition) is 0. The van der Waals surface area contributed by atoms with Crippen molar-refractivity contribution in [1.82, 2.24) is 0 Å². The van der Waals surface area contributed by atoms with E-state index in [0.29, 0.717) is 30.4 Å². The number of ether oxygens (including phenoxy) is 4. The van der Waals surface area contributed by atoms with Gasteiger partial charge in [0.1, 0.15) is 6.10 Å². The van der Waals surface area contributed by atoms with Crippen molar-refractivity contribution in [3.63, 3.8) is 0 Å². The molecule has 3 rings (SSSR count). The second-order valence-electron chi connectivity index (χ2n) is 9.41. The Morgan fingerprint density at radius 3 is 2.05 bits per heavy atom. The molecule has 8 heteroatoms. The van der Waals surface area contributed by atoms with E-state index in [0.717, 1.165) is 10.8 Å². The summed E-state index contributed by atoms with van der Waals surface area (Å²) in [6.07, 6.45) is 1.18. The summed E-state index contributed by atoms with van der Waals surface area (Å²) in [5.41, 5.74) is -0.836. The predicted molar refractivity (Wildman–Crippen MR) is 142 cm³/mol. The van der Waals surface area contributed by atoms with Crippen molar-refractivity contribution in [2.24, 2.45) is 0 Å². The molecule has 0 amide bonds. The van der Waals surface area contributed by atoms with Gasteiger partial charge in [-0.1, -0.05) is 57.2 Å². The molecule has 0 spiro atoms. The summed E-state index contributed by atoms with van der Waals surface area (Å²) in [6, 6.07) is 13.4. The zero-order chi connectivity index (χ0) is 27.7. The first kappa shape index (κ1) is 28.9. The molecule has 8 nitrogen and oxygen atoms in total. The average molecular weight is 525 g/mol. The van der Waals surface area contributed by atoms with Crippen molar-refractivity contribution in [3.05, 3.63) is 54.1 Å². The van der Waals surface area contributed by atoms with E-state index in [-0.39, 0.29) is 25.7 Å². The molecule has 1 aliphatic rings. The van der Waals surface area contributed by atoms with Crippen LogP contribution in [0.2, 0.25) is 0 Å². The van der Waals surface area contributed by atoms with Crippen LogP contribution in [0.1, 0.15) is 71.3 Å². The Bertz CT molecular complexity index is 1200. The predicted octanol–water partition coefficient (Wildman–Crippen LogP) is 5.31. The highest BCUT2D eigenvalue weighted by Gasteiger charge is 2.52. The van der Waals surface area contributed by atoms with Crippen LogP contribution in [0.3, 0.4) is 0 Å². The lowest BCUT2D eigenvalue weighted by molar-refractivity contribution is -0.186. The first-order chi connectivity index (χ1) is 18.3. The fraction of sp³-hybridized carbons (Fsp3) is 0.467. The van der Waals surface area contributed by atoms with Gasteiger partial charge in [-0.15, -0.1) is 0 Å². The van der Waals surface area contributed by atoms with Crippen LogP contribution >= 0.6 is 0 Å². The third kappa shape index (κ3) is 6.79. The van der Waals surface area contributed by atoms with E-state index in [9.17, 15) is 19.2 Å². The molecule has 0 saturated heterocycles. The molecular formula is C30H36O8. The van der Waals surface area contributed by atoms with Crippen molar-refractivity contribution < 1.29 is 38.1 Å². The Morgan fingerprint density at radius 2 is 1.42 bits per heavy atom. The summed E-state index contributed by atoms with van der Waals surface area (Å²) in [5.74, 6) is -2.37. The summed E-state index contributed by atoms with van der Waals surface area (Å²) in [5, 5.41) is 1.91. The van der Waals surface area contributed by atoms with E-state index in [1.165, 1.54) is 13.2 Å². The van der Waals surface area contributed by atoms with Gasteiger partial charge in [0, 0.05) is 31.3 Å². The van der Waals surface area contributed by atoms with Crippen molar-refractivity contribution in [1.29, 1.82) is 0 Å². The minimum Gasteiger partial charge on any atom is -0.466 e. The molecule has 2 aromatic carbocycles. The van der Waals surface area contributed by atoms with Gasteiger partial charge in [-0.2, -0.15) is 0 Å². The summed E-state index contributed by atoms with van der Waals surface area (Å²) in [6.45, 7) is 5.52. The number of carbonyl (C=O) groups is 4. The number of benzene rings is 2. The zero-order valence-electron chi connectivity index (χ0n) is 22.5. The van der Waals surface area contributed by atoms with Gasteiger partial charge in [-0.25, -0.2) is 4.79 Å². The van der Waals surface area contributed by atoms with Crippen molar-refractivity contribution in [2.75, 3.05) is 7.11 Å². The molecule has 0 unspecified atom stereocenters. The maximum Gasteiger partial charge on any atom is 0.354 e. The summed E-state index contributed by atoms with van der Waals surface area (Å²) in [4.78, 5) is 51.3. The number of methoxy groups -OCH3 is 1. The first-order valence-corrected chi connectivity index (χ1v) is 13.2. The molecule has 0 heterocycles. The smallest absolute Gasteiger partial charge is 0.354 e. The van der Waals surface area contributed by atoms with Crippen LogP contribution in [-0.4, -0.2) is 48.8 Å². The van der Waals surface area contributed by atoms with E-state index in [2.05, 4.69) is 0 Å². The van der Waals surface area contributed by atoms with E-state index in [4.69, 9.17) is 18.9 Å². The van der Waals surface area contributed by atoms with E-state index in [1.807, 2.05) is 63.2 Å². The summed E-state index contributed by atoms with van der Waals surface area (Å²) < 4.78 is 22.5. The third-order valence-corrected chi connectivity index (χ3v) is 6.35. The van der Waals surface area contributed by atoms with Crippen LogP contribution in [0.5, 0.6) is 0 Å². The van der Waals surface area contributed by atoms with Crippen LogP contribution in [0, 0.1) is 0 Å². The molecule has 38 heavy (non-hydrogen) atoms. The molecular weight excluding hydrogens is 488 g/mol. The van der Waals surface area contributed by atoms with Gasteiger partial charge in [0.05, 0.1) is 7.11 Å². The molecule has 0 aromatic heterocycles. The molecule has 2 aromatic rings. The standard InChI is InChI=1S/C30H36O8/c1-5-10-25(31)36-24-19-30(29(34)35-4,38-27(33)12-7-3)18-23(28(24)37-26(32)11-6-2)22-16-15-20-13-8-9-14-21(20)17-22/h8-9,13-18,24,28H,5-7,10-12,19H2,1-4H3/t24-,28-,30+/m1/s1. The number of fused-ring (bicyclic) bond motifs is 1. The zero-order valence-corrected chi connectivity index (χ0v) is 22.5. The molecule has 0 bridgehead atoms. The average Bonchev–Trinajstić information content (AvgIpc) is 2.89. The highest BCUT2D eigenvalue weighted by atomic mass is 16.6. The molecule has 0 aliphatic heterocycles. The largest absolute Gasteiger partial charge is 0.466 e. The van der Waals surface area contributed by atoms with Crippen LogP contribution in [0.15, 0.2) is 48.5 Å². The highest BCUT2D eigenvalue weighted by Crippen LogP contribution is 2.40. The monoisotopic (exact) mass is 524 g/mol. The summed E-state index contributed by atoms with van der Waals surface area (Å²) in [7, 11) is 1.20. The Balaban J connectivity index is 2.23. The van der Waals surface area contributed by atoms with Crippen molar-refractivity contribution in [3.8, 4) is 0 Å². The van der Waals surface area contributed by atoms with Crippen LogP contribution in [0.4, 0.5) is 0 Å². The van der Waals surface area contributed by atoms with E-state index < -0.39 is 41.7 Å². The number of esters is 4. The summed E-state index contributed by atoms with van der Waals surface area (Å²) >= 11 is 0. The molecule has 1 aliphatic carbocycles. The lowest BCUT2D eigenvalue weighted by Crippen LogP contribution is -2.53. The molecule has 0 saturated carbocycles. The first-order valence-electron chi connectivity index (χ1n) is 13.2. The minimum absolute atomic E-state index is 0.0904. The van der Waals surface area contributed by atoms with Gasteiger partial charge < -0.3 is 18.9 Å². The number of rotatable bonds is 11. The number of carbonyl (C=O) groups excluding carboxylic acids is 4. The normalized spacial score (nSPS) is 20.8. The second-order valence-corrected chi connectivity index (χ2v) is 9.41. The fourth-order valence-corrected chi connectivity index (χ4v) is 4.58. The Kier molecular flexibility index (Phi) is 10.0. The number of hydrogen-bond acceptors (Lipinski definition) is 8. The van der Waals surface area contributed by atoms with Gasteiger partial charge in [0.25, 0.3) is 0 Å². The fourth-order valence-electron chi connectivity index (χ4n) is 4.58. The van der Waals surface area contributed by atoms with Crippen molar-refractivity contribution >= 4 is 40.2 Å². The van der Waals surface area contributed by atoms with Crippen LogP contribution < -0.4 is 0 Å². The second kappa shape index (κ2) is 13.2. The maximum atomic E-state index is 13.2. The Morgan fingerprint density at radius 1 is 0.816 bits per heavy atom. The molecule has 204 valence electrons. The molecule has 3 atom stereocenters. The quantitative estimate of drug-likeness (QED) is 0.288. The minimum atomic E-state index is -1.87. The Labute approximate surface area is 223 Å². The van der Waals surface area contributed by atoms with Gasteiger partial charge in [0.15, 0.2) is 6.10 Å². The third-order valence-electron chi connectivity index (χ3n) is 6.35. The molecule has 0 N–H and O–H groups in total. The van der Waals surface area contributed by atoms with E-state index in [1.54, 1.807) is 0 Å². The lowest BCUT2D eigenvalue weighted by Gasteiger charge is -2.40. The Hall–Kier alpha value is -3.68. The van der Waals surface area contributed by atoms with E-state index >= 15 is 0 Å². The van der Waals surface area contributed by atoms with Gasteiger partial charge in [0.2, 0.25) is 5.60 Å². The highest BCUT2D eigenvalue weighted by molar-refractivity contribution is 5.93. The lowest BCUT2D eigenvalue weighted by atomic mass is 9.79. The SMILES string of the molecule is CCCC(=O)O[C@@H]1C(c2ccc3ccccc3c2)=C[C@@](OC(=O)CCC)(C(=O)OC)C[C@H]1OC(=O)CCC. The van der Waals surface area contributed by atoms with Gasteiger partial charge in [-0.05, 0) is 47.7 Å². The van der Waals surface area contributed by atoms with Crippen molar-refractivity contribution in [2.45, 2.75) is 83.5 Å². The topological polar surface area (TPSA) is 105 Å². The van der Waals surface area contributed by atoms with Crippen LogP contribution in [-0.2, 0) is 38.1 Å². The molecule has 0 radical (unpaired) electrons. The maximum absolute atomic E-state index is 13.2. The van der Waals surface area contributed by atoms with Gasteiger partial charge in [-0.3, -0.25) is 14.4 Å². The van der Waals surface area contributed by atoms with Crippen LogP contribution in [0.25, 0.3) is 16.3 Å². The van der Waals surface area contributed by atoms with Gasteiger partial charge >= 0.3 is 23.9 Å².